The largest absolute Gasteiger partial charge is 0.417 e. The van der Waals surface area contributed by atoms with Crippen molar-refractivity contribution in [3.63, 3.8) is 0 Å². The lowest BCUT2D eigenvalue weighted by Gasteiger charge is -2.43. The number of piperidine rings is 1. The summed E-state index contributed by atoms with van der Waals surface area (Å²) in [5.41, 5.74) is -2.33. The molecule has 3 N–H and O–H groups in total. The number of fused-ring (bicyclic) bond motifs is 1. The van der Waals surface area contributed by atoms with Crippen LogP contribution in [0, 0.1) is 23.7 Å². The highest BCUT2D eigenvalue weighted by atomic mass is 35.5. The van der Waals surface area contributed by atoms with Crippen molar-refractivity contribution < 1.29 is 70.7 Å². The van der Waals surface area contributed by atoms with Crippen LogP contribution >= 0.6 is 11.6 Å². The van der Waals surface area contributed by atoms with Gasteiger partial charge in [0, 0.05) is 69.0 Å². The Kier molecular flexibility index (Phi) is 27.3. The molecule has 1 aromatic rings. The number of nitrogens with zero attached hydrogens (tertiary/aromatic N) is 9. The van der Waals surface area contributed by atoms with Crippen LogP contribution in [0.5, 0.6) is 0 Å². The van der Waals surface area contributed by atoms with E-state index in [2.05, 4.69) is 16.0 Å². The monoisotopic (exact) mass is 1420 g/mol. The zero-order valence-electron chi connectivity index (χ0n) is 60.1. The van der Waals surface area contributed by atoms with Crippen molar-refractivity contribution in [2.75, 3.05) is 88.6 Å². The zero-order chi connectivity index (χ0) is 73.1. The Bertz CT molecular complexity index is 3150. The van der Waals surface area contributed by atoms with Gasteiger partial charge in [-0.15, -0.1) is 0 Å². The lowest BCUT2D eigenvalue weighted by Crippen LogP contribution is -2.65. The molecule has 4 saturated carbocycles. The Labute approximate surface area is 592 Å². The molecule has 0 aromatic heterocycles. The van der Waals surface area contributed by atoms with Crippen molar-refractivity contribution in [3.05, 3.63) is 34.3 Å². The minimum atomic E-state index is -4.76. The number of hydrogen-bond acceptors (Lipinski definition) is 12. The Morgan fingerprint density at radius 1 is 0.600 bits per heavy atom. The average Bonchev–Trinajstić information content (AvgIpc) is 1.62. The molecule has 7 fully saturated rings. The van der Waals surface area contributed by atoms with Gasteiger partial charge in [-0.25, -0.2) is 0 Å². The van der Waals surface area contributed by atoms with Gasteiger partial charge >= 0.3 is 6.18 Å². The second-order valence-corrected chi connectivity index (χ2v) is 30.2. The summed E-state index contributed by atoms with van der Waals surface area (Å²) in [6.07, 6.45) is 8.30. The molecule has 1 aromatic carbocycles. The lowest BCUT2D eigenvalue weighted by atomic mass is 9.81. The van der Waals surface area contributed by atoms with Crippen LogP contribution in [0.2, 0.25) is 5.02 Å². The van der Waals surface area contributed by atoms with Gasteiger partial charge in [-0.3, -0.25) is 57.5 Å². The number of hydrogen-bond donors (Lipinski definition) is 3. The number of likely N-dealkylation sites (tertiary alicyclic amines) is 1. The number of amides is 12. The average molecular weight is 1430 g/mol. The van der Waals surface area contributed by atoms with Crippen molar-refractivity contribution >= 4 is 82.5 Å². The molecule has 556 valence electrons. The van der Waals surface area contributed by atoms with E-state index in [1.165, 1.54) is 79.9 Å². The van der Waals surface area contributed by atoms with Gasteiger partial charge in [0.2, 0.25) is 70.9 Å². The molecule has 8 atom stereocenters. The van der Waals surface area contributed by atoms with Gasteiger partial charge in [-0.05, 0) is 131 Å². The quantitative estimate of drug-likeness (QED) is 0.251. The standard InChI is InChI=1S/C72H108ClF3N12O12/c1-10-45(2)60-68(98)82(5)43-58(91)80(3)44-59(92)83(6)54(40-46-23-14-11-15-24-46)66(96)81(4)42-56(89)77-52(33-29-47-28-32-50(51(73)39-47)72(74,75)76)65(95)88-38-22-27-53(88)63(93)79-71(34-18-19-35-71)70(100)86(9)62(48-25-16-12-17-26-48)69(99)84(7)55(67(97)87-36-20-13-21-37-87)41-57(90)85(8)61(49-30-31-49)64(94)78-60/h28,32,39,45-46,48-49,52-55,60-62H,10-27,29-31,33-38,40-44H2,1-9H3,(H,77,89)(H,78,94)(H,79,93)/t45-,52-,53-,54-,55-,60-,61-,62-/m0/s1. The highest BCUT2D eigenvalue weighted by Crippen LogP contribution is 2.40. The number of alkyl halides is 3. The molecule has 24 nitrogen and oxygen atoms in total. The van der Waals surface area contributed by atoms with E-state index in [9.17, 15) is 41.9 Å². The van der Waals surface area contributed by atoms with Crippen LogP contribution in [-0.2, 0) is 70.1 Å². The maximum Gasteiger partial charge on any atom is 0.417 e. The Morgan fingerprint density at radius 3 is 1.81 bits per heavy atom. The van der Waals surface area contributed by atoms with Crippen LogP contribution < -0.4 is 16.0 Å². The first-order valence-electron chi connectivity index (χ1n) is 36.5. The van der Waals surface area contributed by atoms with Crippen molar-refractivity contribution in [2.24, 2.45) is 23.7 Å². The molecule has 0 radical (unpaired) electrons. The molecule has 3 heterocycles. The number of carbonyl (C=O) groups excluding carboxylic acids is 12. The fourth-order valence-electron chi connectivity index (χ4n) is 16.1. The van der Waals surface area contributed by atoms with Gasteiger partial charge in [0.25, 0.3) is 0 Å². The van der Waals surface area contributed by atoms with E-state index >= 15 is 28.8 Å². The van der Waals surface area contributed by atoms with Gasteiger partial charge in [0.1, 0.15) is 47.8 Å². The van der Waals surface area contributed by atoms with Crippen LogP contribution in [0.3, 0.4) is 0 Å². The van der Waals surface area contributed by atoms with Gasteiger partial charge in [-0.2, -0.15) is 13.2 Å². The summed E-state index contributed by atoms with van der Waals surface area (Å²) >= 11 is 6.16. The molecule has 100 heavy (non-hydrogen) atoms. The fourth-order valence-corrected chi connectivity index (χ4v) is 16.4. The van der Waals surface area contributed by atoms with E-state index in [1.807, 2.05) is 6.92 Å². The van der Waals surface area contributed by atoms with Gasteiger partial charge in [-0.1, -0.05) is 102 Å². The van der Waals surface area contributed by atoms with Crippen molar-refractivity contribution in [2.45, 2.75) is 235 Å². The van der Waals surface area contributed by atoms with E-state index in [1.54, 1.807) is 11.8 Å². The SMILES string of the molecule is CC[C@H](C)[C@@H]1NC(=O)[C@H](C2CC2)N(C)C(=O)C[C@@H](C(=O)N2CCCCC2)N(C)C(=O)[C@H](C2CCCCC2)N(C)C(=O)C2(CCCC2)NC(=O)[C@@H]2CCCN2C(=O)[C@H](CCc2ccc(C(F)(F)F)c(Cl)c2)NC(=O)CN(C)C(=O)[C@H](CC2CCCCC2)N(C)C(=O)CN(C)C(=O)CN(C)C1=O. The highest BCUT2D eigenvalue weighted by Gasteiger charge is 2.52. The Hall–Kier alpha value is -7.06. The molecular formula is C72H108ClF3N12O12. The molecule has 12 amide bonds. The number of likely N-dealkylation sites (N-methyl/N-ethyl adjacent to an activating group) is 7. The Balaban J connectivity index is 1.16. The summed E-state index contributed by atoms with van der Waals surface area (Å²) in [4.78, 5) is 191. The predicted molar refractivity (Wildman–Crippen MR) is 367 cm³/mol. The normalized spacial score (nSPS) is 27.6. The molecule has 3 saturated heterocycles. The zero-order valence-corrected chi connectivity index (χ0v) is 60.9. The van der Waals surface area contributed by atoms with Crippen molar-refractivity contribution in [1.82, 2.24) is 60.0 Å². The molecular weight excluding hydrogens is 1320 g/mol. The third-order valence-corrected chi connectivity index (χ3v) is 23.0. The lowest BCUT2D eigenvalue weighted by molar-refractivity contribution is -0.157. The predicted octanol–water partition coefficient (Wildman–Crippen LogP) is 5.79. The first-order valence-corrected chi connectivity index (χ1v) is 36.9. The summed E-state index contributed by atoms with van der Waals surface area (Å²) in [6.45, 7) is 2.78. The van der Waals surface area contributed by atoms with E-state index in [4.69, 9.17) is 11.6 Å². The molecule has 1 spiro atoms. The summed E-state index contributed by atoms with van der Waals surface area (Å²) < 4.78 is 41.6. The van der Waals surface area contributed by atoms with Crippen LogP contribution in [0.25, 0.3) is 0 Å². The van der Waals surface area contributed by atoms with Crippen LogP contribution in [0.15, 0.2) is 18.2 Å². The Morgan fingerprint density at radius 2 is 1.20 bits per heavy atom. The van der Waals surface area contributed by atoms with Gasteiger partial charge < -0.3 is 60.0 Å². The number of rotatable bonds is 10. The number of benzene rings is 1. The first kappa shape index (κ1) is 78.7. The third-order valence-electron chi connectivity index (χ3n) is 22.6. The summed E-state index contributed by atoms with van der Waals surface area (Å²) in [5.74, 6) is -8.64. The second kappa shape index (κ2) is 34.7. The number of halogens is 4. The van der Waals surface area contributed by atoms with Crippen molar-refractivity contribution in [1.29, 1.82) is 0 Å². The molecule has 28 heteroatoms. The van der Waals surface area contributed by atoms with E-state index < -0.39 is 173 Å². The van der Waals surface area contributed by atoms with Gasteiger partial charge in [0.05, 0.1) is 36.6 Å². The maximum atomic E-state index is 15.8. The fraction of sp³-hybridized carbons (Fsp3) is 0.750. The molecule has 8 rings (SSSR count). The number of nitrogens with one attached hydrogen (secondary N) is 3. The number of carbonyl (C=O) groups is 12. The van der Waals surface area contributed by atoms with E-state index in [0.29, 0.717) is 82.9 Å². The van der Waals surface area contributed by atoms with Crippen molar-refractivity contribution in [3.8, 4) is 0 Å². The topological polar surface area (TPSA) is 270 Å². The summed E-state index contributed by atoms with van der Waals surface area (Å²) in [5, 5.41) is 8.22. The minimum absolute atomic E-state index is 0.0235. The molecule has 0 bridgehead atoms. The molecule has 3 aliphatic heterocycles. The smallest absolute Gasteiger partial charge is 0.343 e. The summed E-state index contributed by atoms with van der Waals surface area (Å²) in [7, 11) is 10.1. The molecule has 4 aliphatic carbocycles. The van der Waals surface area contributed by atoms with Crippen LogP contribution in [0.1, 0.15) is 185 Å². The van der Waals surface area contributed by atoms with Crippen LogP contribution in [-0.4, -0.2) is 251 Å². The highest BCUT2D eigenvalue weighted by molar-refractivity contribution is 6.31. The third kappa shape index (κ3) is 19.2. The second-order valence-electron chi connectivity index (χ2n) is 29.8. The van der Waals surface area contributed by atoms with E-state index in [0.717, 1.165) is 84.6 Å². The molecule has 7 aliphatic rings. The van der Waals surface area contributed by atoms with Gasteiger partial charge in [0.15, 0.2) is 0 Å². The van der Waals surface area contributed by atoms with Crippen LogP contribution in [0.4, 0.5) is 13.2 Å². The number of aryl methyl sites for hydroxylation is 1. The molecule has 0 unspecified atom stereocenters. The maximum absolute atomic E-state index is 15.8. The summed E-state index contributed by atoms with van der Waals surface area (Å²) in [6, 6.07) is -5.36. The van der Waals surface area contributed by atoms with E-state index in [-0.39, 0.29) is 56.9 Å². The minimum Gasteiger partial charge on any atom is -0.343 e. The first-order chi connectivity index (χ1) is 47.4.